The summed E-state index contributed by atoms with van der Waals surface area (Å²) >= 11 is 0. The number of hydrogen-bond acceptors (Lipinski definition) is 5. The van der Waals surface area contributed by atoms with Crippen LogP contribution in [0.5, 0.6) is 0 Å². The summed E-state index contributed by atoms with van der Waals surface area (Å²) in [5, 5.41) is 2.85. The largest absolute Gasteiger partial charge is 0.449 e. The van der Waals surface area contributed by atoms with E-state index >= 15 is 0 Å². The van der Waals surface area contributed by atoms with E-state index in [-0.39, 0.29) is 18.2 Å². The summed E-state index contributed by atoms with van der Waals surface area (Å²) in [5.74, 6) is -2.33. The number of benzene rings is 1. The van der Waals surface area contributed by atoms with Crippen LogP contribution >= 0.6 is 0 Å². The SMILES string of the molecule is C=CCNS(=O)(=O)c1cc(C(=O)OC(C)C(=O)NC2CCCCC2)ccc1F. The van der Waals surface area contributed by atoms with Crippen LogP contribution in [0.15, 0.2) is 35.7 Å². The van der Waals surface area contributed by atoms with Crippen LogP contribution in [0.25, 0.3) is 0 Å². The average molecular weight is 412 g/mol. The smallest absolute Gasteiger partial charge is 0.338 e. The van der Waals surface area contributed by atoms with Crippen LogP contribution in [0.2, 0.25) is 0 Å². The third-order valence-corrected chi connectivity index (χ3v) is 5.92. The molecule has 1 aliphatic rings. The van der Waals surface area contributed by atoms with Crippen molar-refractivity contribution in [2.24, 2.45) is 0 Å². The second kappa shape index (κ2) is 9.79. The standard InChI is InChI=1S/C19H25FN2O5S/c1-3-11-21-28(25,26)17-12-14(9-10-16(17)20)19(24)27-13(2)18(23)22-15-7-5-4-6-8-15/h3,9-10,12-13,15,21H,1,4-8,11H2,2H3,(H,22,23). The lowest BCUT2D eigenvalue weighted by Crippen LogP contribution is -2.42. The zero-order chi connectivity index (χ0) is 20.7. The highest BCUT2D eigenvalue weighted by atomic mass is 32.2. The maximum absolute atomic E-state index is 13.9. The van der Waals surface area contributed by atoms with Gasteiger partial charge in [-0.15, -0.1) is 6.58 Å². The van der Waals surface area contributed by atoms with E-state index in [0.717, 1.165) is 50.3 Å². The van der Waals surface area contributed by atoms with E-state index in [2.05, 4.69) is 16.6 Å². The normalized spacial score (nSPS) is 16.2. The van der Waals surface area contributed by atoms with Gasteiger partial charge in [-0.3, -0.25) is 4.79 Å². The Morgan fingerprint density at radius 1 is 1.32 bits per heavy atom. The molecule has 28 heavy (non-hydrogen) atoms. The van der Waals surface area contributed by atoms with Gasteiger partial charge in [-0.25, -0.2) is 22.3 Å². The third-order valence-electron chi connectivity index (χ3n) is 4.48. The molecule has 1 aliphatic carbocycles. The average Bonchev–Trinajstić information content (AvgIpc) is 2.67. The van der Waals surface area contributed by atoms with Gasteiger partial charge < -0.3 is 10.1 Å². The first kappa shape index (κ1) is 22.0. The summed E-state index contributed by atoms with van der Waals surface area (Å²) < 4.78 is 45.5. The van der Waals surface area contributed by atoms with Crippen molar-refractivity contribution < 1.29 is 27.1 Å². The summed E-state index contributed by atoms with van der Waals surface area (Å²) in [5.41, 5.74) is -0.169. The highest BCUT2D eigenvalue weighted by molar-refractivity contribution is 7.89. The number of hydrogen-bond donors (Lipinski definition) is 2. The highest BCUT2D eigenvalue weighted by Gasteiger charge is 2.25. The maximum atomic E-state index is 13.9. The lowest BCUT2D eigenvalue weighted by Gasteiger charge is -2.24. The Bertz CT molecular complexity index is 835. The number of carbonyl (C=O) groups excluding carboxylic acids is 2. The van der Waals surface area contributed by atoms with E-state index in [1.165, 1.54) is 13.0 Å². The molecular formula is C19H25FN2O5S. The van der Waals surface area contributed by atoms with Crippen LogP contribution in [-0.4, -0.2) is 39.0 Å². The summed E-state index contributed by atoms with van der Waals surface area (Å²) in [7, 11) is -4.16. The van der Waals surface area contributed by atoms with E-state index < -0.39 is 38.7 Å². The van der Waals surface area contributed by atoms with E-state index in [0.29, 0.717) is 0 Å². The third kappa shape index (κ3) is 5.87. The monoisotopic (exact) mass is 412 g/mol. The lowest BCUT2D eigenvalue weighted by molar-refractivity contribution is -0.130. The Morgan fingerprint density at radius 3 is 2.64 bits per heavy atom. The van der Waals surface area contributed by atoms with Gasteiger partial charge in [0, 0.05) is 12.6 Å². The zero-order valence-corrected chi connectivity index (χ0v) is 16.6. The Kier molecular flexibility index (Phi) is 7.70. The molecule has 1 atom stereocenters. The quantitative estimate of drug-likeness (QED) is 0.504. The predicted octanol–water partition coefficient (Wildman–Crippen LogP) is 2.28. The van der Waals surface area contributed by atoms with E-state index in [9.17, 15) is 22.4 Å². The molecule has 0 spiro atoms. The fourth-order valence-corrected chi connectivity index (χ4v) is 4.03. The van der Waals surface area contributed by atoms with Crippen molar-refractivity contribution >= 4 is 21.9 Å². The number of amides is 1. The highest BCUT2D eigenvalue weighted by Crippen LogP contribution is 2.19. The van der Waals surface area contributed by atoms with Crippen molar-refractivity contribution in [1.82, 2.24) is 10.0 Å². The number of sulfonamides is 1. The number of halogens is 1. The summed E-state index contributed by atoms with van der Waals surface area (Å²) in [6.07, 6.45) is 5.28. The minimum absolute atomic E-state index is 0.0703. The van der Waals surface area contributed by atoms with Gasteiger partial charge in [0.05, 0.1) is 5.56 Å². The van der Waals surface area contributed by atoms with Crippen LogP contribution < -0.4 is 10.0 Å². The zero-order valence-electron chi connectivity index (χ0n) is 15.7. The lowest BCUT2D eigenvalue weighted by atomic mass is 9.95. The van der Waals surface area contributed by atoms with Crippen LogP contribution in [0.3, 0.4) is 0 Å². The molecule has 2 rings (SSSR count). The van der Waals surface area contributed by atoms with Crippen LogP contribution in [0.4, 0.5) is 4.39 Å². The number of nitrogens with one attached hydrogen (secondary N) is 2. The van der Waals surface area contributed by atoms with Gasteiger partial charge in [-0.05, 0) is 38.0 Å². The topological polar surface area (TPSA) is 102 Å². The van der Waals surface area contributed by atoms with E-state index in [4.69, 9.17) is 4.74 Å². The second-order valence-electron chi connectivity index (χ2n) is 6.68. The van der Waals surface area contributed by atoms with Gasteiger partial charge in [0.15, 0.2) is 6.10 Å². The van der Waals surface area contributed by atoms with Crippen molar-refractivity contribution in [2.45, 2.75) is 56.1 Å². The van der Waals surface area contributed by atoms with Gasteiger partial charge in [-0.1, -0.05) is 25.3 Å². The van der Waals surface area contributed by atoms with Gasteiger partial charge in [0.2, 0.25) is 10.0 Å². The fourth-order valence-electron chi connectivity index (χ4n) is 2.93. The first-order chi connectivity index (χ1) is 13.2. The molecule has 0 heterocycles. The molecule has 9 heteroatoms. The molecule has 0 aliphatic heterocycles. The molecule has 1 aromatic carbocycles. The van der Waals surface area contributed by atoms with Crippen molar-refractivity contribution in [3.63, 3.8) is 0 Å². The molecule has 2 N–H and O–H groups in total. The van der Waals surface area contributed by atoms with E-state index in [1.807, 2.05) is 0 Å². The molecule has 1 fully saturated rings. The fraction of sp³-hybridized carbons (Fsp3) is 0.474. The van der Waals surface area contributed by atoms with Crippen LogP contribution in [-0.2, 0) is 19.6 Å². The number of rotatable bonds is 8. The van der Waals surface area contributed by atoms with Crippen LogP contribution in [0.1, 0.15) is 49.4 Å². The molecule has 154 valence electrons. The molecule has 0 radical (unpaired) electrons. The first-order valence-corrected chi connectivity index (χ1v) is 10.6. The predicted molar refractivity (Wildman–Crippen MR) is 102 cm³/mol. The minimum atomic E-state index is -4.16. The van der Waals surface area contributed by atoms with E-state index in [1.54, 1.807) is 0 Å². The Hall–Kier alpha value is -2.26. The van der Waals surface area contributed by atoms with Crippen molar-refractivity contribution in [2.75, 3.05) is 6.54 Å². The molecular weight excluding hydrogens is 387 g/mol. The van der Waals surface area contributed by atoms with Gasteiger partial charge >= 0.3 is 5.97 Å². The van der Waals surface area contributed by atoms with Crippen molar-refractivity contribution in [1.29, 1.82) is 0 Å². The summed E-state index contributed by atoms with van der Waals surface area (Å²) in [4.78, 5) is 23.8. The molecule has 1 unspecified atom stereocenters. The molecule has 7 nitrogen and oxygen atoms in total. The number of carbonyl (C=O) groups is 2. The minimum Gasteiger partial charge on any atom is -0.449 e. The Morgan fingerprint density at radius 2 is 2.00 bits per heavy atom. The molecule has 0 aromatic heterocycles. The summed E-state index contributed by atoms with van der Waals surface area (Å²) in [6, 6.07) is 2.93. The van der Waals surface area contributed by atoms with Crippen molar-refractivity contribution in [3.8, 4) is 0 Å². The molecule has 1 saturated carbocycles. The number of ether oxygens (including phenoxy) is 1. The molecule has 0 bridgehead atoms. The Balaban J connectivity index is 2.06. The second-order valence-corrected chi connectivity index (χ2v) is 8.41. The van der Waals surface area contributed by atoms with Crippen LogP contribution in [0, 0.1) is 5.82 Å². The summed E-state index contributed by atoms with van der Waals surface area (Å²) in [6.45, 7) is 4.73. The van der Waals surface area contributed by atoms with Crippen molar-refractivity contribution in [3.05, 3.63) is 42.2 Å². The van der Waals surface area contributed by atoms with Gasteiger partial charge in [0.25, 0.3) is 5.91 Å². The molecule has 1 amide bonds. The first-order valence-electron chi connectivity index (χ1n) is 9.16. The number of esters is 1. The molecule has 1 aromatic rings. The van der Waals surface area contributed by atoms with Gasteiger partial charge in [0.1, 0.15) is 10.7 Å². The van der Waals surface area contributed by atoms with Gasteiger partial charge in [-0.2, -0.15) is 0 Å². The molecule has 0 saturated heterocycles. The Labute approximate surface area is 164 Å². The maximum Gasteiger partial charge on any atom is 0.338 e.